The molecular formula is C15H24N2OS. The zero-order chi connectivity index (χ0) is 13.7. The van der Waals surface area contributed by atoms with Crippen LogP contribution in [0.25, 0.3) is 0 Å². The summed E-state index contributed by atoms with van der Waals surface area (Å²) in [6.07, 6.45) is 5.43. The first-order valence-corrected chi connectivity index (χ1v) is 8.09. The first-order valence-electron chi connectivity index (χ1n) is 7.21. The molecule has 2 heterocycles. The third-order valence-electron chi connectivity index (χ3n) is 4.05. The van der Waals surface area contributed by atoms with Crippen LogP contribution in [0.2, 0.25) is 0 Å². The first-order chi connectivity index (χ1) is 9.18. The molecule has 0 aromatic carbocycles. The molecule has 1 saturated heterocycles. The number of hydrogen-bond donors (Lipinski definition) is 1. The predicted molar refractivity (Wildman–Crippen MR) is 80.4 cm³/mol. The van der Waals surface area contributed by atoms with Gasteiger partial charge in [0.05, 0.1) is 6.04 Å². The minimum absolute atomic E-state index is 0.187. The van der Waals surface area contributed by atoms with Gasteiger partial charge in [0.25, 0.3) is 0 Å². The summed E-state index contributed by atoms with van der Waals surface area (Å²) in [5.74, 6) is 0.258. The molecule has 1 aromatic rings. The molecule has 106 valence electrons. The third-order valence-corrected chi connectivity index (χ3v) is 5.09. The van der Waals surface area contributed by atoms with Crippen LogP contribution in [0.4, 0.5) is 0 Å². The summed E-state index contributed by atoms with van der Waals surface area (Å²) in [4.78, 5) is 15.4. The molecule has 0 aliphatic carbocycles. The molecule has 1 aliphatic rings. The van der Waals surface area contributed by atoms with Crippen LogP contribution in [0.5, 0.6) is 0 Å². The lowest BCUT2D eigenvalue weighted by atomic mass is 10.00. The lowest BCUT2D eigenvalue weighted by molar-refractivity contribution is -0.132. The van der Waals surface area contributed by atoms with Gasteiger partial charge in [-0.2, -0.15) is 0 Å². The molecule has 2 unspecified atom stereocenters. The van der Waals surface area contributed by atoms with Gasteiger partial charge in [-0.05, 0) is 44.2 Å². The molecule has 1 aromatic heterocycles. The van der Waals surface area contributed by atoms with Gasteiger partial charge in [0.2, 0.25) is 5.91 Å². The fourth-order valence-corrected chi connectivity index (χ4v) is 3.41. The summed E-state index contributed by atoms with van der Waals surface area (Å²) in [5.41, 5.74) is 0. The molecule has 0 spiro atoms. The van der Waals surface area contributed by atoms with Crippen molar-refractivity contribution >= 4 is 17.2 Å². The lowest BCUT2D eigenvalue weighted by Gasteiger charge is -2.27. The first kappa shape index (κ1) is 14.5. The zero-order valence-electron chi connectivity index (χ0n) is 11.9. The Hall–Kier alpha value is -0.870. The molecule has 0 radical (unpaired) electrons. The third kappa shape index (κ3) is 4.05. The average molecular weight is 280 g/mol. The molecule has 19 heavy (non-hydrogen) atoms. The van der Waals surface area contributed by atoms with E-state index in [0.29, 0.717) is 12.5 Å². The Morgan fingerprint density at radius 2 is 2.42 bits per heavy atom. The fraction of sp³-hybridized carbons (Fsp3) is 0.667. The van der Waals surface area contributed by atoms with Gasteiger partial charge in [0.1, 0.15) is 0 Å². The van der Waals surface area contributed by atoms with Crippen molar-refractivity contribution in [3.05, 3.63) is 22.4 Å². The molecule has 2 atom stereocenters. The Balaban J connectivity index is 1.78. The number of thiophene rings is 1. The van der Waals surface area contributed by atoms with Crippen molar-refractivity contribution in [2.24, 2.45) is 0 Å². The Kier molecular flexibility index (Phi) is 5.40. The number of hydrogen-bond acceptors (Lipinski definition) is 3. The van der Waals surface area contributed by atoms with E-state index in [2.05, 4.69) is 23.7 Å². The van der Waals surface area contributed by atoms with Crippen molar-refractivity contribution in [3.63, 3.8) is 0 Å². The largest absolute Gasteiger partial charge is 0.338 e. The van der Waals surface area contributed by atoms with E-state index in [9.17, 15) is 4.79 Å². The van der Waals surface area contributed by atoms with Gasteiger partial charge in [-0.25, -0.2) is 0 Å². The highest BCUT2D eigenvalue weighted by molar-refractivity contribution is 7.10. The summed E-state index contributed by atoms with van der Waals surface area (Å²) in [6.45, 7) is 3.21. The van der Waals surface area contributed by atoms with Crippen LogP contribution in [0, 0.1) is 0 Å². The quantitative estimate of drug-likeness (QED) is 0.898. The number of nitrogens with zero attached hydrogens (tertiary/aromatic N) is 1. The Morgan fingerprint density at radius 1 is 1.58 bits per heavy atom. The lowest BCUT2D eigenvalue weighted by Crippen LogP contribution is -2.36. The molecule has 4 heteroatoms. The van der Waals surface area contributed by atoms with Crippen LogP contribution in [-0.4, -0.2) is 30.4 Å². The van der Waals surface area contributed by atoms with Crippen LogP contribution in [0.15, 0.2) is 17.5 Å². The van der Waals surface area contributed by atoms with Crippen molar-refractivity contribution in [2.75, 3.05) is 13.6 Å². The van der Waals surface area contributed by atoms with Crippen molar-refractivity contribution in [2.45, 2.75) is 51.1 Å². The Bertz CT molecular complexity index is 385. The average Bonchev–Trinajstić information content (AvgIpc) is 2.98. The normalized spacial score (nSPS) is 21.1. The van der Waals surface area contributed by atoms with Crippen LogP contribution in [0.3, 0.4) is 0 Å². The fourth-order valence-electron chi connectivity index (χ4n) is 2.58. The minimum Gasteiger partial charge on any atom is -0.338 e. The van der Waals surface area contributed by atoms with Gasteiger partial charge in [0.15, 0.2) is 0 Å². The maximum absolute atomic E-state index is 12.2. The number of piperidine rings is 1. The highest BCUT2D eigenvalue weighted by Crippen LogP contribution is 2.24. The van der Waals surface area contributed by atoms with E-state index in [-0.39, 0.29) is 11.9 Å². The highest BCUT2D eigenvalue weighted by atomic mass is 32.1. The number of nitrogens with one attached hydrogen (secondary N) is 1. The summed E-state index contributed by atoms with van der Waals surface area (Å²) in [5, 5.41) is 5.57. The summed E-state index contributed by atoms with van der Waals surface area (Å²) >= 11 is 1.72. The van der Waals surface area contributed by atoms with E-state index in [1.165, 1.54) is 24.1 Å². The molecule has 2 rings (SSSR count). The van der Waals surface area contributed by atoms with Crippen molar-refractivity contribution < 1.29 is 4.79 Å². The number of rotatable bonds is 5. The van der Waals surface area contributed by atoms with Gasteiger partial charge < -0.3 is 10.2 Å². The number of amides is 1. The van der Waals surface area contributed by atoms with Gasteiger partial charge in [-0.3, -0.25) is 4.79 Å². The second kappa shape index (κ2) is 7.06. The van der Waals surface area contributed by atoms with E-state index in [4.69, 9.17) is 0 Å². The van der Waals surface area contributed by atoms with E-state index in [1.54, 1.807) is 11.3 Å². The second-order valence-electron chi connectivity index (χ2n) is 5.38. The van der Waals surface area contributed by atoms with Crippen LogP contribution < -0.4 is 5.32 Å². The maximum Gasteiger partial charge on any atom is 0.222 e. The molecule has 1 amide bonds. The van der Waals surface area contributed by atoms with Crippen molar-refractivity contribution in [3.8, 4) is 0 Å². The highest BCUT2D eigenvalue weighted by Gasteiger charge is 2.20. The van der Waals surface area contributed by atoms with Crippen molar-refractivity contribution in [1.82, 2.24) is 10.2 Å². The van der Waals surface area contributed by atoms with Crippen LogP contribution >= 0.6 is 11.3 Å². The number of carbonyl (C=O) groups is 1. The molecule has 1 fully saturated rings. The van der Waals surface area contributed by atoms with E-state index >= 15 is 0 Å². The SMILES string of the molecule is CC(c1cccs1)N(C)C(=O)CCC1CCCCN1. The van der Waals surface area contributed by atoms with Gasteiger partial charge >= 0.3 is 0 Å². The molecule has 3 nitrogen and oxygen atoms in total. The maximum atomic E-state index is 12.2. The van der Waals surface area contributed by atoms with Crippen LogP contribution in [0.1, 0.15) is 49.9 Å². The molecule has 1 aliphatic heterocycles. The Labute approximate surface area is 120 Å². The zero-order valence-corrected chi connectivity index (χ0v) is 12.7. The van der Waals surface area contributed by atoms with Gasteiger partial charge in [-0.1, -0.05) is 12.5 Å². The Morgan fingerprint density at radius 3 is 3.05 bits per heavy atom. The standard InChI is InChI=1S/C15H24N2OS/c1-12(14-7-5-11-19-14)17(2)15(18)9-8-13-6-3-4-10-16-13/h5,7,11-13,16H,3-4,6,8-10H2,1-2H3. The summed E-state index contributed by atoms with van der Waals surface area (Å²) in [6, 6.07) is 4.87. The van der Waals surface area contributed by atoms with E-state index < -0.39 is 0 Å². The molecule has 0 saturated carbocycles. The predicted octanol–water partition coefficient (Wildman–Crippen LogP) is 3.19. The second-order valence-corrected chi connectivity index (χ2v) is 6.36. The van der Waals surface area contributed by atoms with E-state index in [0.717, 1.165) is 13.0 Å². The topological polar surface area (TPSA) is 32.3 Å². The molecular weight excluding hydrogens is 256 g/mol. The summed E-state index contributed by atoms with van der Waals surface area (Å²) < 4.78 is 0. The molecule has 0 bridgehead atoms. The van der Waals surface area contributed by atoms with E-state index in [1.807, 2.05) is 18.0 Å². The van der Waals surface area contributed by atoms with Crippen molar-refractivity contribution in [1.29, 1.82) is 0 Å². The van der Waals surface area contributed by atoms with Crippen LogP contribution in [-0.2, 0) is 4.79 Å². The summed E-state index contributed by atoms with van der Waals surface area (Å²) in [7, 11) is 1.92. The smallest absolute Gasteiger partial charge is 0.222 e. The van der Waals surface area contributed by atoms with Gasteiger partial charge in [-0.15, -0.1) is 11.3 Å². The monoisotopic (exact) mass is 280 g/mol. The van der Waals surface area contributed by atoms with Gasteiger partial charge in [0, 0.05) is 24.4 Å². The minimum atomic E-state index is 0.187. The molecule has 1 N–H and O–H groups in total. The number of carbonyl (C=O) groups excluding carboxylic acids is 1.